The maximum Gasteiger partial charge on any atom is 0.238 e. The number of fused-ring (bicyclic) bond motifs is 1. The summed E-state index contributed by atoms with van der Waals surface area (Å²) in [4.78, 5) is 15.0. The van der Waals surface area contributed by atoms with Gasteiger partial charge in [-0.05, 0) is 54.6 Å². The van der Waals surface area contributed by atoms with E-state index in [1.54, 1.807) is 0 Å². The number of carbonyl (C=O) groups excluding carboxylic acids is 1. The summed E-state index contributed by atoms with van der Waals surface area (Å²) in [5.74, 6) is 2.03. The molecule has 0 bridgehead atoms. The molecule has 0 aromatic heterocycles. The maximum atomic E-state index is 12.8. The van der Waals surface area contributed by atoms with Crippen molar-refractivity contribution in [2.75, 3.05) is 31.6 Å². The molecule has 0 spiro atoms. The Morgan fingerprint density at radius 3 is 2.75 bits per heavy atom. The van der Waals surface area contributed by atoms with Crippen LogP contribution in [0.15, 0.2) is 42.5 Å². The zero-order valence-corrected chi connectivity index (χ0v) is 16.6. The molecule has 0 aliphatic carbocycles. The first kappa shape index (κ1) is 18.8. The Hall–Kier alpha value is -2.53. The van der Waals surface area contributed by atoms with Crippen molar-refractivity contribution in [2.24, 2.45) is 0 Å². The molecule has 2 aromatic carbocycles. The van der Waals surface area contributed by atoms with E-state index in [0.29, 0.717) is 25.7 Å². The third-order valence-corrected chi connectivity index (χ3v) is 5.52. The van der Waals surface area contributed by atoms with Crippen LogP contribution in [0.5, 0.6) is 11.5 Å². The molecule has 2 aliphatic heterocycles. The molecular formula is C23H28N2O3. The van der Waals surface area contributed by atoms with E-state index in [-0.39, 0.29) is 11.9 Å². The Morgan fingerprint density at radius 2 is 1.93 bits per heavy atom. The number of rotatable bonds is 5. The van der Waals surface area contributed by atoms with Crippen molar-refractivity contribution in [1.82, 2.24) is 4.90 Å². The van der Waals surface area contributed by atoms with Crippen LogP contribution in [0.2, 0.25) is 0 Å². The minimum Gasteiger partial charge on any atom is -0.486 e. The Kier molecular flexibility index (Phi) is 5.53. The summed E-state index contributed by atoms with van der Waals surface area (Å²) in [6.07, 6.45) is 2.14. The number of nitrogens with zero attached hydrogens (tertiary/aromatic N) is 1. The van der Waals surface area contributed by atoms with Gasteiger partial charge in [-0.25, -0.2) is 0 Å². The molecule has 4 rings (SSSR count). The SMILES string of the molecule is CC(C)c1ccccc1NC(=O)CN1CCC[C@H]1c1ccc2c(c1)OCCO2. The van der Waals surface area contributed by atoms with Gasteiger partial charge >= 0.3 is 0 Å². The summed E-state index contributed by atoms with van der Waals surface area (Å²) in [6, 6.07) is 14.4. The molecule has 1 N–H and O–H groups in total. The monoisotopic (exact) mass is 380 g/mol. The first-order valence-electron chi connectivity index (χ1n) is 10.1. The lowest BCUT2D eigenvalue weighted by Crippen LogP contribution is -2.33. The van der Waals surface area contributed by atoms with E-state index in [0.717, 1.165) is 36.6 Å². The van der Waals surface area contributed by atoms with Crippen LogP contribution in [0.25, 0.3) is 0 Å². The molecule has 148 valence electrons. The Morgan fingerprint density at radius 1 is 1.14 bits per heavy atom. The van der Waals surface area contributed by atoms with Gasteiger partial charge in [0.2, 0.25) is 5.91 Å². The van der Waals surface area contributed by atoms with Crippen LogP contribution in [-0.4, -0.2) is 37.1 Å². The van der Waals surface area contributed by atoms with Crippen molar-refractivity contribution in [3.05, 3.63) is 53.6 Å². The van der Waals surface area contributed by atoms with Gasteiger partial charge in [0.1, 0.15) is 13.2 Å². The fourth-order valence-corrected chi connectivity index (χ4v) is 4.15. The van der Waals surface area contributed by atoms with Crippen LogP contribution in [0.1, 0.15) is 49.8 Å². The van der Waals surface area contributed by atoms with Crippen LogP contribution in [-0.2, 0) is 4.79 Å². The zero-order valence-electron chi connectivity index (χ0n) is 16.6. The second-order valence-corrected chi connectivity index (χ2v) is 7.82. The van der Waals surface area contributed by atoms with Crippen LogP contribution in [0.4, 0.5) is 5.69 Å². The molecule has 28 heavy (non-hydrogen) atoms. The number of ether oxygens (including phenoxy) is 2. The van der Waals surface area contributed by atoms with E-state index < -0.39 is 0 Å². The average Bonchev–Trinajstić information content (AvgIpc) is 3.15. The number of para-hydroxylation sites is 1. The minimum absolute atomic E-state index is 0.0394. The predicted molar refractivity (Wildman–Crippen MR) is 110 cm³/mol. The van der Waals surface area contributed by atoms with Gasteiger partial charge in [-0.15, -0.1) is 0 Å². The molecule has 0 unspecified atom stereocenters. The Labute approximate surface area is 166 Å². The van der Waals surface area contributed by atoms with Gasteiger partial charge in [-0.2, -0.15) is 0 Å². The number of carbonyl (C=O) groups is 1. The highest BCUT2D eigenvalue weighted by Gasteiger charge is 2.29. The van der Waals surface area contributed by atoms with Crippen molar-refractivity contribution >= 4 is 11.6 Å². The number of amides is 1. The third kappa shape index (κ3) is 3.99. The molecule has 5 heteroatoms. The summed E-state index contributed by atoms with van der Waals surface area (Å²) in [6.45, 7) is 6.79. The molecule has 1 amide bonds. The zero-order chi connectivity index (χ0) is 19.5. The molecule has 0 radical (unpaired) electrons. The van der Waals surface area contributed by atoms with Crippen LogP contribution >= 0.6 is 0 Å². The lowest BCUT2D eigenvalue weighted by molar-refractivity contribution is -0.117. The lowest BCUT2D eigenvalue weighted by atomic mass is 10.0. The molecule has 5 nitrogen and oxygen atoms in total. The Bertz CT molecular complexity index is 849. The van der Waals surface area contributed by atoms with Crippen LogP contribution < -0.4 is 14.8 Å². The number of nitrogens with one attached hydrogen (secondary N) is 1. The van der Waals surface area contributed by atoms with Crippen molar-refractivity contribution < 1.29 is 14.3 Å². The summed E-state index contributed by atoms with van der Waals surface area (Å²) in [5, 5.41) is 3.12. The molecule has 0 saturated carbocycles. The highest BCUT2D eigenvalue weighted by atomic mass is 16.6. The van der Waals surface area contributed by atoms with Gasteiger partial charge in [-0.1, -0.05) is 38.1 Å². The minimum atomic E-state index is 0.0394. The van der Waals surface area contributed by atoms with E-state index in [4.69, 9.17) is 9.47 Å². The topological polar surface area (TPSA) is 50.8 Å². The van der Waals surface area contributed by atoms with E-state index in [1.807, 2.05) is 24.3 Å². The van der Waals surface area contributed by atoms with Crippen molar-refractivity contribution in [1.29, 1.82) is 0 Å². The molecule has 1 saturated heterocycles. The largest absolute Gasteiger partial charge is 0.486 e. The number of hydrogen-bond acceptors (Lipinski definition) is 4. The second kappa shape index (κ2) is 8.23. The van der Waals surface area contributed by atoms with E-state index >= 15 is 0 Å². The average molecular weight is 380 g/mol. The fourth-order valence-electron chi connectivity index (χ4n) is 4.15. The van der Waals surface area contributed by atoms with Gasteiger partial charge in [0.25, 0.3) is 0 Å². The first-order valence-corrected chi connectivity index (χ1v) is 10.1. The Balaban J connectivity index is 1.45. The number of anilines is 1. The maximum absolute atomic E-state index is 12.8. The molecular weight excluding hydrogens is 352 g/mol. The second-order valence-electron chi connectivity index (χ2n) is 7.82. The van der Waals surface area contributed by atoms with Crippen molar-refractivity contribution in [3.8, 4) is 11.5 Å². The van der Waals surface area contributed by atoms with Gasteiger partial charge < -0.3 is 14.8 Å². The summed E-state index contributed by atoms with van der Waals surface area (Å²) < 4.78 is 11.4. The normalized spacial score (nSPS) is 19.0. The smallest absolute Gasteiger partial charge is 0.238 e. The predicted octanol–water partition coefficient (Wildman–Crippen LogP) is 4.36. The molecule has 1 fully saturated rings. The van der Waals surface area contributed by atoms with Gasteiger partial charge in [0, 0.05) is 11.7 Å². The van der Waals surface area contributed by atoms with E-state index in [9.17, 15) is 4.79 Å². The van der Waals surface area contributed by atoms with Crippen molar-refractivity contribution in [3.63, 3.8) is 0 Å². The van der Waals surface area contributed by atoms with Gasteiger partial charge in [0.05, 0.1) is 6.54 Å². The number of benzene rings is 2. The van der Waals surface area contributed by atoms with E-state index in [1.165, 1.54) is 11.1 Å². The van der Waals surface area contributed by atoms with Gasteiger partial charge in [-0.3, -0.25) is 9.69 Å². The molecule has 2 aromatic rings. The fraction of sp³-hybridized carbons (Fsp3) is 0.435. The first-order chi connectivity index (χ1) is 13.6. The lowest BCUT2D eigenvalue weighted by Gasteiger charge is -2.26. The van der Waals surface area contributed by atoms with Gasteiger partial charge in [0.15, 0.2) is 11.5 Å². The molecule has 2 heterocycles. The number of hydrogen-bond donors (Lipinski definition) is 1. The van der Waals surface area contributed by atoms with Crippen molar-refractivity contribution in [2.45, 2.75) is 38.6 Å². The molecule has 2 aliphatic rings. The standard InChI is InChI=1S/C23H28N2O3/c1-16(2)18-6-3-4-7-19(18)24-23(26)15-25-11-5-8-20(25)17-9-10-21-22(14-17)28-13-12-27-21/h3-4,6-7,9-10,14,16,20H,5,8,11-13,15H2,1-2H3,(H,24,26)/t20-/m0/s1. The summed E-state index contributed by atoms with van der Waals surface area (Å²) >= 11 is 0. The highest BCUT2D eigenvalue weighted by molar-refractivity contribution is 5.93. The highest BCUT2D eigenvalue weighted by Crippen LogP contribution is 2.38. The summed E-state index contributed by atoms with van der Waals surface area (Å²) in [7, 11) is 0. The summed E-state index contributed by atoms with van der Waals surface area (Å²) in [5.41, 5.74) is 3.27. The third-order valence-electron chi connectivity index (χ3n) is 5.52. The van der Waals surface area contributed by atoms with Crippen LogP contribution in [0.3, 0.4) is 0 Å². The number of likely N-dealkylation sites (tertiary alicyclic amines) is 1. The molecule has 1 atom stereocenters. The van der Waals surface area contributed by atoms with E-state index in [2.05, 4.69) is 42.3 Å². The quantitative estimate of drug-likeness (QED) is 0.837. The van der Waals surface area contributed by atoms with Crippen LogP contribution in [0, 0.1) is 0 Å².